The second-order valence-corrected chi connectivity index (χ2v) is 9.72. The fraction of sp³-hybridized carbons (Fsp3) is 0.619. The predicted molar refractivity (Wildman–Crippen MR) is 110 cm³/mol. The van der Waals surface area contributed by atoms with Crippen molar-refractivity contribution in [3.8, 4) is 5.75 Å². The van der Waals surface area contributed by atoms with Gasteiger partial charge in [-0.15, -0.1) is 0 Å². The molecule has 0 aromatic heterocycles. The first-order chi connectivity index (χ1) is 13.8. The second kappa shape index (κ2) is 8.73. The van der Waals surface area contributed by atoms with Crippen LogP contribution in [0, 0.1) is 5.92 Å². The summed E-state index contributed by atoms with van der Waals surface area (Å²) in [7, 11) is -3.66. The van der Waals surface area contributed by atoms with Crippen molar-refractivity contribution in [2.24, 2.45) is 5.92 Å². The SMILES string of the molecule is CCCCOc1ccc(C(=O)N2CC[C@H]3[C@H]2[C@@H](CCC)C(=O)N3S(C)(=O)=O)cc1. The number of nitrogens with zero attached hydrogens (tertiary/aromatic N) is 2. The summed E-state index contributed by atoms with van der Waals surface area (Å²) >= 11 is 0. The number of likely N-dealkylation sites (tertiary alicyclic amines) is 1. The number of ether oxygens (including phenoxy) is 1. The first-order valence-electron chi connectivity index (χ1n) is 10.4. The normalized spacial score (nSPS) is 24.1. The third kappa shape index (κ3) is 4.27. The highest BCUT2D eigenvalue weighted by Crippen LogP contribution is 2.40. The molecule has 160 valence electrons. The van der Waals surface area contributed by atoms with Crippen LogP contribution in [0.25, 0.3) is 0 Å². The first kappa shape index (κ1) is 21.6. The molecule has 2 amide bonds. The van der Waals surface area contributed by atoms with Crippen molar-refractivity contribution in [1.82, 2.24) is 9.21 Å². The maximum atomic E-state index is 13.2. The van der Waals surface area contributed by atoms with Crippen LogP contribution in [0.4, 0.5) is 0 Å². The molecule has 3 rings (SSSR count). The fourth-order valence-electron chi connectivity index (χ4n) is 4.46. The third-order valence-corrected chi connectivity index (χ3v) is 6.92. The van der Waals surface area contributed by atoms with Gasteiger partial charge in [0.25, 0.3) is 5.91 Å². The quantitative estimate of drug-likeness (QED) is 0.602. The van der Waals surface area contributed by atoms with Crippen LogP contribution in [0.2, 0.25) is 0 Å². The lowest BCUT2D eigenvalue weighted by Gasteiger charge is -2.27. The Morgan fingerprint density at radius 2 is 1.86 bits per heavy atom. The van der Waals surface area contributed by atoms with Gasteiger partial charge in [0.2, 0.25) is 15.9 Å². The number of sulfonamides is 1. The van der Waals surface area contributed by atoms with Crippen molar-refractivity contribution in [2.75, 3.05) is 19.4 Å². The average molecular weight is 423 g/mol. The number of carbonyl (C=O) groups is 2. The van der Waals surface area contributed by atoms with Gasteiger partial charge >= 0.3 is 0 Å². The molecule has 0 aliphatic carbocycles. The summed E-state index contributed by atoms with van der Waals surface area (Å²) in [6.07, 6.45) is 4.90. The van der Waals surface area contributed by atoms with Gasteiger partial charge in [0, 0.05) is 12.1 Å². The molecular weight excluding hydrogens is 392 g/mol. The Morgan fingerprint density at radius 1 is 1.17 bits per heavy atom. The Bertz CT molecular complexity index is 852. The molecule has 7 nitrogen and oxygen atoms in total. The molecule has 0 N–H and O–H groups in total. The lowest BCUT2D eigenvalue weighted by Crippen LogP contribution is -2.43. The summed E-state index contributed by atoms with van der Waals surface area (Å²) in [5, 5.41) is 0. The lowest BCUT2D eigenvalue weighted by molar-refractivity contribution is -0.128. The van der Waals surface area contributed by atoms with Crippen LogP contribution in [0.1, 0.15) is 56.3 Å². The van der Waals surface area contributed by atoms with Crippen molar-refractivity contribution in [2.45, 2.75) is 58.0 Å². The third-order valence-electron chi connectivity index (χ3n) is 5.75. The Hall–Kier alpha value is -2.09. The van der Waals surface area contributed by atoms with Crippen molar-refractivity contribution >= 4 is 21.8 Å². The number of unbranched alkanes of at least 4 members (excludes halogenated alkanes) is 1. The van der Waals surface area contributed by atoms with E-state index in [9.17, 15) is 18.0 Å². The lowest BCUT2D eigenvalue weighted by atomic mass is 9.94. The molecule has 2 fully saturated rings. The van der Waals surface area contributed by atoms with Gasteiger partial charge in [-0.3, -0.25) is 9.59 Å². The number of fused-ring (bicyclic) bond motifs is 1. The van der Waals surface area contributed by atoms with E-state index in [0.717, 1.165) is 35.6 Å². The van der Waals surface area contributed by atoms with Crippen LogP contribution >= 0.6 is 0 Å². The van der Waals surface area contributed by atoms with E-state index < -0.39 is 28.0 Å². The molecule has 3 atom stereocenters. The molecule has 2 heterocycles. The van der Waals surface area contributed by atoms with E-state index in [1.54, 1.807) is 29.2 Å². The Kier molecular flexibility index (Phi) is 6.51. The highest BCUT2D eigenvalue weighted by molar-refractivity contribution is 7.88. The summed E-state index contributed by atoms with van der Waals surface area (Å²) in [5.41, 5.74) is 0.522. The van der Waals surface area contributed by atoms with Crippen molar-refractivity contribution in [3.05, 3.63) is 29.8 Å². The van der Waals surface area contributed by atoms with Crippen LogP contribution in [-0.2, 0) is 14.8 Å². The van der Waals surface area contributed by atoms with Gasteiger partial charge in [0.15, 0.2) is 0 Å². The molecule has 0 radical (unpaired) electrons. The van der Waals surface area contributed by atoms with Crippen LogP contribution < -0.4 is 4.74 Å². The molecule has 1 aromatic rings. The van der Waals surface area contributed by atoms with E-state index in [1.165, 1.54) is 0 Å². The Balaban J connectivity index is 1.80. The van der Waals surface area contributed by atoms with E-state index in [0.29, 0.717) is 31.6 Å². The summed E-state index contributed by atoms with van der Waals surface area (Å²) < 4.78 is 31.1. The van der Waals surface area contributed by atoms with Crippen molar-refractivity contribution in [3.63, 3.8) is 0 Å². The van der Waals surface area contributed by atoms with Crippen LogP contribution in [-0.4, -0.2) is 60.9 Å². The monoisotopic (exact) mass is 422 g/mol. The van der Waals surface area contributed by atoms with Gasteiger partial charge in [0.05, 0.1) is 30.9 Å². The average Bonchev–Trinajstić information content (AvgIpc) is 3.20. The molecular formula is C21H30N2O5S. The topological polar surface area (TPSA) is 84.0 Å². The molecule has 1 aromatic carbocycles. The maximum Gasteiger partial charge on any atom is 0.254 e. The molecule has 0 spiro atoms. The van der Waals surface area contributed by atoms with Gasteiger partial charge in [-0.1, -0.05) is 26.7 Å². The van der Waals surface area contributed by atoms with E-state index >= 15 is 0 Å². The molecule has 8 heteroatoms. The highest BCUT2D eigenvalue weighted by atomic mass is 32.2. The minimum atomic E-state index is -3.66. The molecule has 2 aliphatic heterocycles. The molecule has 2 saturated heterocycles. The van der Waals surface area contributed by atoms with Crippen LogP contribution in [0.3, 0.4) is 0 Å². The number of hydrogen-bond acceptors (Lipinski definition) is 5. The summed E-state index contributed by atoms with van der Waals surface area (Å²) in [4.78, 5) is 27.7. The van der Waals surface area contributed by atoms with Crippen molar-refractivity contribution < 1.29 is 22.7 Å². The standard InChI is InChI=1S/C21H30N2O5S/c1-4-6-14-28-16-10-8-15(9-11-16)20(24)22-13-12-18-19(22)17(7-5-2)21(25)23(18)29(3,26)27/h8-11,17-19H,4-7,12-14H2,1-3H3/t17-,18+,19-/m1/s1. The Labute approximate surface area is 173 Å². The smallest absolute Gasteiger partial charge is 0.254 e. The van der Waals surface area contributed by atoms with E-state index in [4.69, 9.17) is 4.74 Å². The van der Waals surface area contributed by atoms with Crippen LogP contribution in [0.5, 0.6) is 5.75 Å². The van der Waals surface area contributed by atoms with E-state index in [1.807, 2.05) is 6.92 Å². The number of benzene rings is 1. The predicted octanol–water partition coefficient (Wildman–Crippen LogP) is 2.67. The molecule has 2 aliphatic rings. The zero-order valence-electron chi connectivity index (χ0n) is 17.3. The van der Waals surface area contributed by atoms with E-state index in [-0.39, 0.29) is 11.8 Å². The minimum absolute atomic E-state index is 0.165. The van der Waals surface area contributed by atoms with Gasteiger partial charge in [0.1, 0.15) is 5.75 Å². The zero-order valence-corrected chi connectivity index (χ0v) is 18.2. The minimum Gasteiger partial charge on any atom is -0.494 e. The van der Waals surface area contributed by atoms with Gasteiger partial charge in [-0.05, 0) is 43.5 Å². The summed E-state index contributed by atoms with van der Waals surface area (Å²) in [5.74, 6) is -0.288. The maximum absolute atomic E-state index is 13.2. The number of hydrogen-bond donors (Lipinski definition) is 0. The highest BCUT2D eigenvalue weighted by Gasteiger charge is 2.57. The zero-order chi connectivity index (χ0) is 21.2. The van der Waals surface area contributed by atoms with Gasteiger partial charge < -0.3 is 9.64 Å². The number of carbonyl (C=O) groups excluding carboxylic acids is 2. The second-order valence-electron chi connectivity index (χ2n) is 7.86. The first-order valence-corrected chi connectivity index (χ1v) is 12.2. The molecule has 0 saturated carbocycles. The number of amides is 2. The molecule has 0 bridgehead atoms. The van der Waals surface area contributed by atoms with Crippen LogP contribution in [0.15, 0.2) is 24.3 Å². The van der Waals surface area contributed by atoms with Gasteiger partial charge in [-0.25, -0.2) is 12.7 Å². The number of rotatable bonds is 8. The summed E-state index contributed by atoms with van der Waals surface area (Å²) in [6.45, 7) is 5.15. The molecule has 29 heavy (non-hydrogen) atoms. The molecule has 0 unspecified atom stereocenters. The largest absolute Gasteiger partial charge is 0.494 e. The van der Waals surface area contributed by atoms with Gasteiger partial charge in [-0.2, -0.15) is 0 Å². The van der Waals surface area contributed by atoms with E-state index in [2.05, 4.69) is 6.92 Å². The van der Waals surface area contributed by atoms with Crippen molar-refractivity contribution in [1.29, 1.82) is 0 Å². The fourth-order valence-corrected chi connectivity index (χ4v) is 5.64. The Morgan fingerprint density at radius 3 is 2.45 bits per heavy atom. The summed E-state index contributed by atoms with van der Waals surface area (Å²) in [6, 6.07) is 6.17.